The molecule has 256 valence electrons. The van der Waals surface area contributed by atoms with Crippen molar-refractivity contribution in [2.24, 2.45) is 10.4 Å². The number of ether oxygens (including phenoxy) is 1. The second-order valence-corrected chi connectivity index (χ2v) is 14.0. The molecule has 2 saturated heterocycles. The molecule has 0 bridgehead atoms. The number of benzene rings is 2. The van der Waals surface area contributed by atoms with Gasteiger partial charge >= 0.3 is 0 Å². The molecule has 3 atom stereocenters. The quantitative estimate of drug-likeness (QED) is 0.161. The molecular weight excluding hydrogens is 640 g/mol. The number of rotatable bonds is 10. The van der Waals surface area contributed by atoms with E-state index in [9.17, 15) is 9.59 Å². The molecule has 3 aliphatic rings. The zero-order valence-electron chi connectivity index (χ0n) is 28.1. The van der Waals surface area contributed by atoms with E-state index in [1.54, 1.807) is 0 Å². The first-order chi connectivity index (χ1) is 23.8. The molecule has 11 nitrogen and oxygen atoms in total. The zero-order valence-corrected chi connectivity index (χ0v) is 28.9. The van der Waals surface area contributed by atoms with Crippen molar-refractivity contribution in [1.29, 1.82) is 0 Å². The van der Waals surface area contributed by atoms with E-state index in [-0.39, 0.29) is 23.9 Å². The predicted octanol–water partition coefficient (Wildman–Crippen LogP) is 5.76. The number of aliphatic imine (C=N–C) groups is 1. The monoisotopic (exact) mass is 682 g/mol. The largest absolute Gasteiger partial charge is 0.379 e. The molecule has 0 radical (unpaired) electrons. The minimum absolute atomic E-state index is 0.166. The van der Waals surface area contributed by atoms with E-state index in [0.29, 0.717) is 31.1 Å². The molecule has 12 heteroatoms. The van der Waals surface area contributed by atoms with Gasteiger partial charge in [-0.3, -0.25) is 29.1 Å². The number of amides is 2. The highest BCUT2D eigenvalue weighted by Crippen LogP contribution is 2.36. The first kappa shape index (κ1) is 33.3. The molecule has 7 rings (SSSR count). The van der Waals surface area contributed by atoms with Gasteiger partial charge in [-0.1, -0.05) is 42.6 Å². The number of hydrogen-bond donors (Lipinski definition) is 2. The smallest absolute Gasteiger partial charge is 0.235 e. The van der Waals surface area contributed by atoms with Crippen LogP contribution in [0.1, 0.15) is 87.1 Å². The van der Waals surface area contributed by atoms with Gasteiger partial charge < -0.3 is 10.1 Å². The minimum atomic E-state index is -0.551. The SMILES string of the molecule is Cc1nnc2n1-c1ccc(-c3cnn(CCCCCCNC4CCC5(CCC(=O)NC5=O)COC4)c3)cc1C(c1ccc(Cl)cc1)=N[C@H]2C. The number of imide groups is 1. The summed E-state index contributed by atoms with van der Waals surface area (Å²) in [4.78, 5) is 29.2. The Morgan fingerprint density at radius 2 is 1.84 bits per heavy atom. The highest BCUT2D eigenvalue weighted by atomic mass is 35.5. The Labute approximate surface area is 291 Å². The second kappa shape index (κ2) is 14.3. The molecule has 0 aliphatic carbocycles. The van der Waals surface area contributed by atoms with Gasteiger partial charge in [0.05, 0.1) is 36.2 Å². The zero-order chi connectivity index (χ0) is 34.0. The van der Waals surface area contributed by atoms with Crippen LogP contribution in [0.15, 0.2) is 59.9 Å². The van der Waals surface area contributed by atoms with Crippen LogP contribution in [0.2, 0.25) is 5.02 Å². The van der Waals surface area contributed by atoms with E-state index < -0.39 is 5.41 Å². The molecule has 3 aliphatic heterocycles. The lowest BCUT2D eigenvalue weighted by molar-refractivity contribution is -0.145. The van der Waals surface area contributed by atoms with Crippen LogP contribution in [0.5, 0.6) is 0 Å². The fourth-order valence-corrected chi connectivity index (χ4v) is 7.35. The summed E-state index contributed by atoms with van der Waals surface area (Å²) >= 11 is 6.23. The molecule has 2 N–H and O–H groups in total. The van der Waals surface area contributed by atoms with Crippen molar-refractivity contribution >= 4 is 29.1 Å². The van der Waals surface area contributed by atoms with Crippen LogP contribution in [0.3, 0.4) is 0 Å². The van der Waals surface area contributed by atoms with Gasteiger partial charge in [-0.25, -0.2) is 0 Å². The third-order valence-corrected chi connectivity index (χ3v) is 10.4. The van der Waals surface area contributed by atoms with E-state index in [0.717, 1.165) is 96.9 Å². The Kier molecular flexibility index (Phi) is 9.75. The summed E-state index contributed by atoms with van der Waals surface area (Å²) in [6.07, 6.45) is 11.1. The minimum Gasteiger partial charge on any atom is -0.379 e. The fourth-order valence-electron chi connectivity index (χ4n) is 7.23. The third-order valence-electron chi connectivity index (χ3n) is 10.1. The molecule has 2 fully saturated rings. The average molecular weight is 683 g/mol. The van der Waals surface area contributed by atoms with Gasteiger partial charge in [-0.2, -0.15) is 5.10 Å². The van der Waals surface area contributed by atoms with E-state index in [4.69, 9.17) is 21.3 Å². The molecule has 49 heavy (non-hydrogen) atoms. The number of unbranched alkanes of at least 4 members (excludes halogenated alkanes) is 3. The van der Waals surface area contributed by atoms with Gasteiger partial charge in [0.1, 0.15) is 11.9 Å². The number of hydrogen-bond acceptors (Lipinski definition) is 8. The van der Waals surface area contributed by atoms with E-state index in [1.807, 2.05) is 42.1 Å². The van der Waals surface area contributed by atoms with Gasteiger partial charge in [-0.05, 0) is 82.3 Å². The lowest BCUT2D eigenvalue weighted by Gasteiger charge is -2.33. The van der Waals surface area contributed by atoms with Crippen LogP contribution in [-0.2, 0) is 20.9 Å². The molecule has 2 unspecified atom stereocenters. The summed E-state index contributed by atoms with van der Waals surface area (Å²) < 4.78 is 10.0. The Balaban J connectivity index is 0.930. The third kappa shape index (κ3) is 7.11. The Morgan fingerprint density at radius 3 is 2.67 bits per heavy atom. The summed E-state index contributed by atoms with van der Waals surface area (Å²) in [6, 6.07) is 14.4. The van der Waals surface area contributed by atoms with E-state index in [2.05, 4.69) is 61.8 Å². The van der Waals surface area contributed by atoms with Gasteiger partial charge in [0.15, 0.2) is 5.82 Å². The second-order valence-electron chi connectivity index (χ2n) is 13.6. The first-order valence-electron chi connectivity index (χ1n) is 17.4. The van der Waals surface area contributed by atoms with Crippen molar-refractivity contribution < 1.29 is 14.3 Å². The molecule has 0 saturated carbocycles. The number of halogens is 1. The maximum atomic E-state index is 12.5. The number of fused-ring (bicyclic) bond motifs is 3. The highest BCUT2D eigenvalue weighted by Gasteiger charge is 2.44. The van der Waals surface area contributed by atoms with Crippen molar-refractivity contribution in [3.05, 3.63) is 82.7 Å². The number of aromatic nitrogens is 5. The average Bonchev–Trinajstić information content (AvgIpc) is 3.64. The van der Waals surface area contributed by atoms with Gasteiger partial charge in [0.25, 0.3) is 0 Å². The topological polar surface area (TPSA) is 128 Å². The number of aryl methyl sites for hydroxylation is 2. The molecule has 5 heterocycles. The van der Waals surface area contributed by atoms with Crippen LogP contribution in [-0.4, -0.2) is 67.9 Å². The van der Waals surface area contributed by atoms with Crippen LogP contribution in [0.25, 0.3) is 16.8 Å². The van der Waals surface area contributed by atoms with Crippen molar-refractivity contribution in [1.82, 2.24) is 35.2 Å². The van der Waals surface area contributed by atoms with Crippen molar-refractivity contribution in [2.45, 2.75) is 83.8 Å². The normalized spacial score (nSPS) is 22.2. The lowest BCUT2D eigenvalue weighted by atomic mass is 9.76. The molecule has 1 spiro atoms. The van der Waals surface area contributed by atoms with Crippen LogP contribution in [0.4, 0.5) is 0 Å². The Hall–Kier alpha value is -4.19. The fraction of sp³-hybridized carbons (Fsp3) is 0.459. The molecular formula is C37H43ClN8O3. The summed E-state index contributed by atoms with van der Waals surface area (Å²) in [5.41, 5.74) is 5.50. The molecule has 4 aromatic rings. The summed E-state index contributed by atoms with van der Waals surface area (Å²) in [5, 5.41) is 20.3. The van der Waals surface area contributed by atoms with Crippen LogP contribution in [0, 0.1) is 12.3 Å². The van der Waals surface area contributed by atoms with Gasteiger partial charge in [-0.15, -0.1) is 10.2 Å². The maximum Gasteiger partial charge on any atom is 0.235 e. The Bertz CT molecular complexity index is 1870. The summed E-state index contributed by atoms with van der Waals surface area (Å²) in [5.74, 6) is 1.30. The summed E-state index contributed by atoms with van der Waals surface area (Å²) in [7, 11) is 0. The molecule has 2 aromatic carbocycles. The molecule has 2 amide bonds. The van der Waals surface area contributed by atoms with Crippen LogP contribution >= 0.6 is 11.6 Å². The summed E-state index contributed by atoms with van der Waals surface area (Å²) in [6.45, 7) is 6.81. The number of carbonyl (C=O) groups is 2. The first-order valence-corrected chi connectivity index (χ1v) is 17.8. The lowest BCUT2D eigenvalue weighted by Crippen LogP contribution is -2.50. The predicted molar refractivity (Wildman–Crippen MR) is 188 cm³/mol. The molecule has 2 aromatic heterocycles. The Morgan fingerprint density at radius 1 is 1.02 bits per heavy atom. The van der Waals surface area contributed by atoms with Crippen molar-refractivity contribution in [3.8, 4) is 16.8 Å². The number of carbonyl (C=O) groups excluding carboxylic acids is 2. The standard InChI is InChI=1S/C37H43ClN8O3/c1-24-35-44-43-25(2)46(35)32-12-9-27(19-31(32)34(41-24)26-7-10-29(38)11-8-26)28-20-40-45(21-28)18-6-4-3-5-17-39-30-13-15-37(23-49-22-30)16-14-33(47)42-36(37)48/h7-12,19-21,24,30,39H,3-6,13-18,22-23H2,1-2H3,(H,42,47,48)/t24-,30?,37?/m0/s1. The van der Waals surface area contributed by atoms with Gasteiger partial charge in [0.2, 0.25) is 11.8 Å². The maximum absolute atomic E-state index is 12.5. The van der Waals surface area contributed by atoms with E-state index in [1.165, 1.54) is 0 Å². The van der Waals surface area contributed by atoms with Crippen molar-refractivity contribution in [2.75, 3.05) is 19.8 Å². The van der Waals surface area contributed by atoms with Crippen LogP contribution < -0.4 is 10.6 Å². The van der Waals surface area contributed by atoms with Gasteiger partial charge in [0, 0.05) is 46.9 Å². The number of piperidine rings is 1. The van der Waals surface area contributed by atoms with E-state index >= 15 is 0 Å². The highest BCUT2D eigenvalue weighted by molar-refractivity contribution is 6.30. The number of nitrogens with zero attached hydrogens (tertiary/aromatic N) is 6. The number of nitrogens with one attached hydrogen (secondary N) is 2. The van der Waals surface area contributed by atoms with Crippen molar-refractivity contribution in [3.63, 3.8) is 0 Å².